The van der Waals surface area contributed by atoms with Crippen LogP contribution in [0, 0.1) is 12.7 Å². The average Bonchev–Trinajstić information content (AvgIpc) is 3.13. The van der Waals surface area contributed by atoms with E-state index in [-0.39, 0.29) is 30.9 Å². The van der Waals surface area contributed by atoms with Crippen molar-refractivity contribution in [2.75, 3.05) is 18.6 Å². The van der Waals surface area contributed by atoms with Crippen molar-refractivity contribution < 1.29 is 18.7 Å². The summed E-state index contributed by atoms with van der Waals surface area (Å²) in [6, 6.07) is 16.1. The summed E-state index contributed by atoms with van der Waals surface area (Å²) in [4.78, 5) is 19.9. The number of halogens is 1. The molecular formula is C27H29FN2O3. The molecular weight excluding hydrogens is 419 g/mol. The first-order valence-electron chi connectivity index (χ1n) is 11.3. The summed E-state index contributed by atoms with van der Waals surface area (Å²) in [5.41, 5.74) is 5.20. The van der Waals surface area contributed by atoms with Crippen LogP contribution >= 0.6 is 0 Å². The third-order valence-electron chi connectivity index (χ3n) is 6.18. The molecule has 2 aromatic carbocycles. The van der Waals surface area contributed by atoms with Gasteiger partial charge in [-0.25, -0.2) is 14.2 Å². The van der Waals surface area contributed by atoms with Crippen LogP contribution in [0.25, 0.3) is 0 Å². The topological polar surface area (TPSA) is 51.7 Å². The van der Waals surface area contributed by atoms with Gasteiger partial charge in [-0.05, 0) is 49.6 Å². The van der Waals surface area contributed by atoms with Gasteiger partial charge in [-0.2, -0.15) is 0 Å². The van der Waals surface area contributed by atoms with E-state index in [1.807, 2.05) is 30.0 Å². The summed E-state index contributed by atoms with van der Waals surface area (Å²) in [5.74, 6) is -0.532. The Labute approximate surface area is 194 Å². The van der Waals surface area contributed by atoms with Crippen LogP contribution in [0.2, 0.25) is 0 Å². The van der Waals surface area contributed by atoms with Crippen LogP contribution in [0.1, 0.15) is 47.7 Å². The third-order valence-corrected chi connectivity index (χ3v) is 6.18. The van der Waals surface area contributed by atoms with Crippen molar-refractivity contribution in [1.29, 1.82) is 0 Å². The first kappa shape index (κ1) is 22.8. The molecule has 2 heterocycles. The van der Waals surface area contributed by atoms with E-state index in [2.05, 4.69) is 24.0 Å². The number of anilines is 1. The van der Waals surface area contributed by atoms with E-state index in [4.69, 9.17) is 9.47 Å². The zero-order valence-electron chi connectivity index (χ0n) is 19.5. The first-order valence-corrected chi connectivity index (χ1v) is 11.3. The summed E-state index contributed by atoms with van der Waals surface area (Å²) >= 11 is 0. The fourth-order valence-corrected chi connectivity index (χ4v) is 4.60. The van der Waals surface area contributed by atoms with Gasteiger partial charge < -0.3 is 14.4 Å². The number of pyridine rings is 1. The van der Waals surface area contributed by atoms with Gasteiger partial charge in [-0.1, -0.05) is 43.3 Å². The highest BCUT2D eigenvalue weighted by Crippen LogP contribution is 2.48. The van der Waals surface area contributed by atoms with Crippen LogP contribution in [0.5, 0.6) is 5.88 Å². The molecule has 0 aliphatic carbocycles. The Morgan fingerprint density at radius 3 is 2.58 bits per heavy atom. The van der Waals surface area contributed by atoms with E-state index >= 15 is 0 Å². The number of fused-ring (bicyclic) bond motifs is 1. The quantitative estimate of drug-likeness (QED) is 0.466. The molecule has 0 saturated heterocycles. The summed E-state index contributed by atoms with van der Waals surface area (Å²) in [6.45, 7) is 6.29. The maximum absolute atomic E-state index is 14.6. The van der Waals surface area contributed by atoms with Gasteiger partial charge in [0, 0.05) is 35.0 Å². The van der Waals surface area contributed by atoms with Gasteiger partial charge in [0.2, 0.25) is 5.88 Å². The number of carbonyl (C=O) groups excluding carboxylic acids is 1. The molecule has 3 aromatic rings. The number of hydrogen-bond donors (Lipinski definition) is 0. The van der Waals surface area contributed by atoms with Gasteiger partial charge in [-0.15, -0.1) is 0 Å². The highest BCUT2D eigenvalue weighted by atomic mass is 19.1. The number of methoxy groups -OCH3 is 1. The molecule has 0 radical (unpaired) electrons. The molecule has 33 heavy (non-hydrogen) atoms. The monoisotopic (exact) mass is 448 g/mol. The average molecular weight is 449 g/mol. The molecule has 1 aliphatic rings. The van der Waals surface area contributed by atoms with E-state index in [1.54, 1.807) is 32.2 Å². The second-order valence-electron chi connectivity index (χ2n) is 8.19. The predicted octanol–water partition coefficient (Wildman–Crippen LogP) is 5.18. The zero-order valence-corrected chi connectivity index (χ0v) is 19.5. The summed E-state index contributed by atoms with van der Waals surface area (Å²) in [5, 5.41) is 0. The lowest BCUT2D eigenvalue weighted by Crippen LogP contribution is -2.42. The molecule has 172 valence electrons. The smallest absolute Gasteiger partial charge is 0.329 e. The molecule has 2 atom stereocenters. The van der Waals surface area contributed by atoms with Crippen molar-refractivity contribution >= 4 is 11.7 Å². The first-order chi connectivity index (χ1) is 16.0. The van der Waals surface area contributed by atoms with Crippen molar-refractivity contribution in [2.45, 2.75) is 45.7 Å². The minimum atomic E-state index is -0.676. The van der Waals surface area contributed by atoms with Gasteiger partial charge >= 0.3 is 5.97 Å². The second kappa shape index (κ2) is 9.61. The number of nitrogens with zero attached hydrogens (tertiary/aromatic N) is 2. The van der Waals surface area contributed by atoms with Crippen LogP contribution in [0.15, 0.2) is 54.6 Å². The molecule has 2 unspecified atom stereocenters. The second-order valence-corrected chi connectivity index (χ2v) is 8.19. The Morgan fingerprint density at radius 1 is 1.09 bits per heavy atom. The predicted molar refractivity (Wildman–Crippen MR) is 126 cm³/mol. The van der Waals surface area contributed by atoms with Crippen LogP contribution in [0.4, 0.5) is 10.1 Å². The summed E-state index contributed by atoms with van der Waals surface area (Å²) < 4.78 is 25.8. The molecule has 5 nitrogen and oxygen atoms in total. The van der Waals surface area contributed by atoms with Gasteiger partial charge in [0.1, 0.15) is 11.9 Å². The van der Waals surface area contributed by atoms with E-state index in [0.29, 0.717) is 11.4 Å². The SMILES string of the molecule is CCOC(=O)C1C(c2ccc(C)nc2OC)c2cc(CC)ccc2N1Cc1ccccc1F. The maximum atomic E-state index is 14.6. The van der Waals surface area contributed by atoms with Crippen LogP contribution in [0.3, 0.4) is 0 Å². The number of hydrogen-bond acceptors (Lipinski definition) is 5. The van der Waals surface area contributed by atoms with E-state index in [0.717, 1.165) is 34.5 Å². The number of esters is 1. The fourth-order valence-electron chi connectivity index (χ4n) is 4.60. The summed E-state index contributed by atoms with van der Waals surface area (Å²) in [6.07, 6.45) is 0.862. The van der Waals surface area contributed by atoms with E-state index in [1.165, 1.54) is 6.07 Å². The molecule has 4 rings (SSSR count). The Hall–Kier alpha value is -3.41. The molecule has 0 spiro atoms. The van der Waals surface area contributed by atoms with Gasteiger partial charge in [0.25, 0.3) is 0 Å². The fraction of sp³-hybridized carbons (Fsp3) is 0.333. The summed E-state index contributed by atoms with van der Waals surface area (Å²) in [7, 11) is 1.58. The lowest BCUT2D eigenvalue weighted by molar-refractivity contribution is -0.144. The molecule has 0 N–H and O–H groups in total. The highest BCUT2D eigenvalue weighted by Gasteiger charge is 2.46. The van der Waals surface area contributed by atoms with E-state index in [9.17, 15) is 9.18 Å². The van der Waals surface area contributed by atoms with Gasteiger partial charge in [-0.3, -0.25) is 0 Å². The van der Waals surface area contributed by atoms with E-state index < -0.39 is 6.04 Å². The molecule has 1 aromatic heterocycles. The molecule has 0 fully saturated rings. The van der Waals surface area contributed by atoms with Crippen molar-refractivity contribution in [3.05, 3.63) is 88.4 Å². The minimum absolute atomic E-state index is 0.243. The number of ether oxygens (including phenoxy) is 2. The highest BCUT2D eigenvalue weighted by molar-refractivity contribution is 5.87. The number of rotatable bonds is 7. The third kappa shape index (κ3) is 4.30. The van der Waals surface area contributed by atoms with Gasteiger partial charge in [0.05, 0.1) is 13.7 Å². The normalized spacial score (nSPS) is 17.1. The standard InChI is InChI=1S/C27H29FN2O3/c1-5-18-12-14-23-21(15-18)24(20-13-11-17(3)29-26(20)32-4)25(27(31)33-6-2)30(23)16-19-9-7-8-10-22(19)28/h7-15,24-25H,5-6,16H2,1-4H3. The Balaban J connectivity index is 1.92. The Kier molecular flexibility index (Phi) is 6.63. The number of carbonyl (C=O) groups is 1. The van der Waals surface area contributed by atoms with Crippen molar-refractivity contribution in [2.24, 2.45) is 0 Å². The maximum Gasteiger partial charge on any atom is 0.329 e. The van der Waals surface area contributed by atoms with Crippen LogP contribution < -0.4 is 9.64 Å². The molecule has 0 bridgehead atoms. The van der Waals surface area contributed by atoms with Crippen molar-refractivity contribution in [3.63, 3.8) is 0 Å². The molecule has 0 saturated carbocycles. The molecule has 6 heteroatoms. The largest absolute Gasteiger partial charge is 0.481 e. The number of aromatic nitrogens is 1. The number of benzene rings is 2. The molecule has 0 amide bonds. The van der Waals surface area contributed by atoms with Crippen LogP contribution in [-0.4, -0.2) is 30.7 Å². The Bertz CT molecular complexity index is 1160. The Morgan fingerprint density at radius 2 is 1.88 bits per heavy atom. The zero-order chi connectivity index (χ0) is 23.5. The number of aryl methyl sites for hydroxylation is 2. The van der Waals surface area contributed by atoms with Gasteiger partial charge in [0.15, 0.2) is 0 Å². The molecule has 1 aliphatic heterocycles. The lowest BCUT2D eigenvalue weighted by Gasteiger charge is -2.29. The van der Waals surface area contributed by atoms with Crippen LogP contribution in [-0.2, 0) is 22.5 Å². The van der Waals surface area contributed by atoms with Crippen molar-refractivity contribution in [1.82, 2.24) is 4.98 Å². The minimum Gasteiger partial charge on any atom is -0.481 e. The van der Waals surface area contributed by atoms with Crippen molar-refractivity contribution in [3.8, 4) is 5.88 Å². The lowest BCUT2D eigenvalue weighted by atomic mass is 9.87.